The van der Waals surface area contributed by atoms with Gasteiger partial charge in [-0.05, 0) is 95.5 Å². The molecule has 40 heavy (non-hydrogen) atoms. The quantitative estimate of drug-likeness (QED) is 0.316. The van der Waals surface area contributed by atoms with E-state index >= 15 is 0 Å². The molecule has 3 N–H and O–H groups in total. The van der Waals surface area contributed by atoms with Crippen molar-refractivity contribution in [1.29, 1.82) is 0 Å². The average molecular weight is 679 g/mol. The molecule has 2 fully saturated rings. The summed E-state index contributed by atoms with van der Waals surface area (Å²) < 4.78 is 7.14. The Balaban J connectivity index is 1.45. The Morgan fingerprint density at radius 2 is 1.88 bits per heavy atom. The molecule has 5 rings (SSSR count). The summed E-state index contributed by atoms with van der Waals surface area (Å²) in [7, 11) is 0. The van der Waals surface area contributed by atoms with Gasteiger partial charge in [0.1, 0.15) is 18.0 Å². The van der Waals surface area contributed by atoms with E-state index in [1.54, 1.807) is 23.1 Å². The molecule has 2 aromatic carbocycles. The number of hydrogen-bond donors (Lipinski definition) is 3. The van der Waals surface area contributed by atoms with Gasteiger partial charge in [0.2, 0.25) is 11.8 Å². The number of benzene rings is 2. The summed E-state index contributed by atoms with van der Waals surface area (Å²) in [5.74, 6) is 1.93. The molecule has 3 aliphatic rings. The van der Waals surface area contributed by atoms with Gasteiger partial charge in [0.05, 0.1) is 16.2 Å². The number of aliphatic hydroxyl groups excluding tert-OH is 2. The zero-order valence-electron chi connectivity index (χ0n) is 22.3. The minimum Gasteiger partial charge on any atom is -0.482 e. The summed E-state index contributed by atoms with van der Waals surface area (Å²) in [5.41, 5.74) is 1.32. The van der Waals surface area contributed by atoms with Gasteiger partial charge in [-0.3, -0.25) is 9.59 Å². The summed E-state index contributed by atoms with van der Waals surface area (Å²) in [6, 6.07) is 14.2. The van der Waals surface area contributed by atoms with Crippen LogP contribution < -0.4 is 10.1 Å². The molecule has 0 aliphatic heterocycles. The number of carbonyl (C=O) groups excluding carboxylic acids is 2. The van der Waals surface area contributed by atoms with Crippen LogP contribution in [0.3, 0.4) is 0 Å². The van der Waals surface area contributed by atoms with E-state index in [-0.39, 0.29) is 31.4 Å². The van der Waals surface area contributed by atoms with Crippen LogP contribution in [0.2, 0.25) is 5.02 Å². The molecule has 3 aliphatic carbocycles. The third kappa shape index (κ3) is 6.83. The summed E-state index contributed by atoms with van der Waals surface area (Å²) in [6.07, 6.45) is 5.13. The van der Waals surface area contributed by atoms with E-state index in [0.717, 1.165) is 21.5 Å². The monoisotopic (exact) mass is 678 g/mol. The molecule has 0 aromatic heterocycles. The highest BCUT2D eigenvalue weighted by molar-refractivity contribution is 14.1. The number of aliphatic hydroxyl groups is 2. The van der Waals surface area contributed by atoms with E-state index in [4.69, 9.17) is 16.3 Å². The normalized spacial score (nSPS) is 27.2. The van der Waals surface area contributed by atoms with Crippen molar-refractivity contribution in [3.8, 4) is 5.75 Å². The number of nitrogens with zero attached hydrogens (tertiary/aromatic N) is 1. The molecule has 214 valence electrons. The molecule has 2 aromatic rings. The number of hydrogen-bond acceptors (Lipinski definition) is 5. The molecule has 2 bridgehead atoms. The van der Waals surface area contributed by atoms with Crippen LogP contribution in [-0.4, -0.2) is 58.3 Å². The van der Waals surface area contributed by atoms with Gasteiger partial charge in [-0.1, -0.05) is 42.3 Å². The predicted octanol–water partition coefficient (Wildman–Crippen LogP) is 4.72. The number of para-hydroxylation sites is 1. The Morgan fingerprint density at radius 3 is 2.55 bits per heavy atom. The van der Waals surface area contributed by atoms with Gasteiger partial charge in [-0.25, -0.2) is 0 Å². The zero-order valence-corrected chi connectivity index (χ0v) is 25.3. The van der Waals surface area contributed by atoms with Gasteiger partial charge in [-0.15, -0.1) is 0 Å². The van der Waals surface area contributed by atoms with Crippen LogP contribution in [-0.2, 0) is 16.1 Å². The number of ether oxygens (including phenoxy) is 1. The number of rotatable bonds is 10. The summed E-state index contributed by atoms with van der Waals surface area (Å²) in [5, 5.41) is 24.3. The van der Waals surface area contributed by atoms with Gasteiger partial charge in [0.15, 0.2) is 0 Å². The highest BCUT2D eigenvalue weighted by Gasteiger charge is 2.44. The molecule has 0 heterocycles. The Bertz CT molecular complexity index is 1240. The molecule has 2 saturated carbocycles. The van der Waals surface area contributed by atoms with Crippen molar-refractivity contribution in [1.82, 2.24) is 10.2 Å². The van der Waals surface area contributed by atoms with E-state index in [1.807, 2.05) is 36.4 Å². The van der Waals surface area contributed by atoms with Crippen molar-refractivity contribution >= 4 is 46.0 Å². The fraction of sp³-hybridized carbons (Fsp3) is 0.484. The molecule has 2 amide bonds. The summed E-state index contributed by atoms with van der Waals surface area (Å²) in [4.78, 5) is 28.9. The largest absolute Gasteiger partial charge is 0.482 e. The summed E-state index contributed by atoms with van der Waals surface area (Å²) in [6.45, 7) is 0.223. The Labute approximate surface area is 254 Å². The SMILES string of the molecule is O=C(NCCO)C1=CC(Oc2ccccc2I)C(O)C(N(Cc2ccc(Cl)cc2)C(=O)CC2CC3CCC2C3)C1. The van der Waals surface area contributed by atoms with Crippen LogP contribution >= 0.6 is 34.2 Å². The topological polar surface area (TPSA) is 99.1 Å². The van der Waals surface area contributed by atoms with E-state index < -0.39 is 18.2 Å². The fourth-order valence-electron chi connectivity index (χ4n) is 6.61. The molecule has 0 spiro atoms. The Hall–Kier alpha value is -2.14. The predicted molar refractivity (Wildman–Crippen MR) is 162 cm³/mol. The van der Waals surface area contributed by atoms with Gasteiger partial charge in [-0.2, -0.15) is 0 Å². The second-order valence-electron chi connectivity index (χ2n) is 11.2. The van der Waals surface area contributed by atoms with Gasteiger partial charge in [0, 0.05) is 36.5 Å². The van der Waals surface area contributed by atoms with E-state index in [2.05, 4.69) is 27.9 Å². The van der Waals surface area contributed by atoms with Crippen LogP contribution in [0.25, 0.3) is 0 Å². The first-order valence-corrected chi connectivity index (χ1v) is 15.5. The number of carbonyl (C=O) groups is 2. The molecule has 0 saturated heterocycles. The van der Waals surface area contributed by atoms with Crippen LogP contribution in [0.4, 0.5) is 0 Å². The van der Waals surface area contributed by atoms with Crippen molar-refractivity contribution in [3.05, 3.63) is 74.3 Å². The highest BCUT2D eigenvalue weighted by Crippen LogP contribution is 2.50. The van der Waals surface area contributed by atoms with Crippen molar-refractivity contribution in [2.24, 2.45) is 17.8 Å². The van der Waals surface area contributed by atoms with E-state index in [1.165, 1.54) is 19.3 Å². The van der Waals surface area contributed by atoms with E-state index in [0.29, 0.717) is 41.1 Å². The third-order valence-electron chi connectivity index (χ3n) is 8.62. The zero-order chi connectivity index (χ0) is 28.2. The lowest BCUT2D eigenvalue weighted by molar-refractivity contribution is -0.141. The van der Waals surface area contributed by atoms with Gasteiger partial charge < -0.3 is 25.2 Å². The minimum absolute atomic E-state index is 0.0124. The first-order chi connectivity index (χ1) is 19.3. The number of nitrogens with one attached hydrogen (secondary N) is 1. The number of halogens is 2. The van der Waals surface area contributed by atoms with Gasteiger partial charge >= 0.3 is 0 Å². The molecule has 6 atom stereocenters. The third-order valence-corrected chi connectivity index (χ3v) is 9.77. The fourth-order valence-corrected chi connectivity index (χ4v) is 7.25. The van der Waals surface area contributed by atoms with Crippen molar-refractivity contribution in [3.63, 3.8) is 0 Å². The lowest BCUT2D eigenvalue weighted by Gasteiger charge is -2.41. The maximum absolute atomic E-state index is 14.1. The molecule has 0 radical (unpaired) electrons. The second-order valence-corrected chi connectivity index (χ2v) is 12.8. The minimum atomic E-state index is -1.05. The van der Waals surface area contributed by atoms with Crippen LogP contribution in [0.1, 0.15) is 44.1 Å². The highest BCUT2D eigenvalue weighted by atomic mass is 127. The van der Waals surface area contributed by atoms with Gasteiger partial charge in [0.25, 0.3) is 0 Å². The second kappa shape index (κ2) is 13.2. The Morgan fingerprint density at radius 1 is 1.10 bits per heavy atom. The van der Waals surface area contributed by atoms with Crippen LogP contribution in [0, 0.1) is 21.3 Å². The van der Waals surface area contributed by atoms with E-state index in [9.17, 15) is 19.8 Å². The standard InChI is InChI=1S/C31H36ClIN2O5/c32-24-9-6-19(7-10-24)18-35(29(37)17-22-14-20-5-8-21(22)13-20)26-15-23(31(39)34-11-12-36)16-28(30(26)38)40-27-4-2-1-3-25(27)33/h1-4,6-7,9-10,16,20-22,26,28,30,36,38H,5,8,11-15,17-18H2,(H,34,39). The number of amides is 2. The van der Waals surface area contributed by atoms with Crippen LogP contribution in [0.5, 0.6) is 5.75 Å². The van der Waals surface area contributed by atoms with Crippen molar-refractivity contribution in [2.75, 3.05) is 13.2 Å². The average Bonchev–Trinajstić information content (AvgIpc) is 3.57. The number of fused-ring (bicyclic) bond motifs is 2. The molecule has 6 unspecified atom stereocenters. The maximum atomic E-state index is 14.1. The lowest BCUT2D eigenvalue weighted by atomic mass is 9.84. The summed E-state index contributed by atoms with van der Waals surface area (Å²) >= 11 is 8.30. The molecule has 7 nitrogen and oxygen atoms in total. The molecular formula is C31H36ClIN2O5. The van der Waals surface area contributed by atoms with Crippen LogP contribution in [0.15, 0.2) is 60.2 Å². The molecule has 9 heteroatoms. The first-order valence-electron chi connectivity index (χ1n) is 14.0. The maximum Gasteiger partial charge on any atom is 0.247 e. The Kier molecular flexibility index (Phi) is 9.71. The lowest BCUT2D eigenvalue weighted by Crippen LogP contribution is -2.55. The van der Waals surface area contributed by atoms with Crippen molar-refractivity contribution in [2.45, 2.75) is 63.3 Å². The van der Waals surface area contributed by atoms with Crippen molar-refractivity contribution < 1.29 is 24.5 Å². The first kappa shape index (κ1) is 29.4. The molecular weight excluding hydrogens is 643 g/mol. The smallest absolute Gasteiger partial charge is 0.247 e.